The molecule has 1 saturated carbocycles. The van der Waals surface area contributed by atoms with Crippen molar-refractivity contribution in [1.29, 1.82) is 0 Å². The standard InChI is InChI=1S/C30H28N4O/c35-29-30(24-5-1-2-6-27(24)31-29)18-25(30)22-12-13-23-26(32-33-28(23)17-22)14-11-20-7-9-21(10-8-20)19-34-15-3-4-16-34/h1-2,5-14,17,25H,3-4,15-16,18-19H2,(H,31,35)(H,32,33)/b14-11+/t25?,30-/m0/s1. The number of likely N-dealkylation sites (tertiary alicyclic amines) is 1. The molecule has 2 atom stereocenters. The molecule has 1 spiro atoms. The van der Waals surface area contributed by atoms with Gasteiger partial charge in [-0.1, -0.05) is 60.7 Å². The van der Waals surface area contributed by atoms with Gasteiger partial charge in [0, 0.05) is 23.5 Å². The summed E-state index contributed by atoms with van der Waals surface area (Å²) in [5.41, 5.74) is 7.37. The topological polar surface area (TPSA) is 61.0 Å². The number of anilines is 1. The van der Waals surface area contributed by atoms with Crippen molar-refractivity contribution >= 4 is 34.6 Å². The van der Waals surface area contributed by atoms with Gasteiger partial charge in [0.05, 0.1) is 16.6 Å². The maximum atomic E-state index is 12.9. The monoisotopic (exact) mass is 460 g/mol. The van der Waals surface area contributed by atoms with E-state index in [1.54, 1.807) is 0 Å². The van der Waals surface area contributed by atoms with Crippen LogP contribution in [0.2, 0.25) is 0 Å². The summed E-state index contributed by atoms with van der Waals surface area (Å²) in [6, 6.07) is 23.4. The highest BCUT2D eigenvalue weighted by molar-refractivity contribution is 6.09. The van der Waals surface area contributed by atoms with Crippen LogP contribution in [0.4, 0.5) is 5.69 Å². The molecule has 3 heterocycles. The number of para-hydroxylation sites is 1. The van der Waals surface area contributed by atoms with Crippen LogP contribution in [0, 0.1) is 0 Å². The van der Waals surface area contributed by atoms with Crippen LogP contribution in [-0.2, 0) is 16.8 Å². The van der Waals surface area contributed by atoms with E-state index < -0.39 is 5.41 Å². The third-order valence-corrected chi connectivity index (χ3v) is 8.06. The van der Waals surface area contributed by atoms with Gasteiger partial charge in [-0.05, 0) is 72.8 Å². The van der Waals surface area contributed by atoms with E-state index in [4.69, 9.17) is 0 Å². The average Bonchev–Trinajstić information content (AvgIpc) is 3.13. The van der Waals surface area contributed by atoms with Crippen LogP contribution < -0.4 is 5.32 Å². The highest BCUT2D eigenvalue weighted by atomic mass is 16.2. The van der Waals surface area contributed by atoms with Gasteiger partial charge in [0.1, 0.15) is 0 Å². The van der Waals surface area contributed by atoms with Crippen LogP contribution in [-0.4, -0.2) is 34.1 Å². The summed E-state index contributed by atoms with van der Waals surface area (Å²) in [6.45, 7) is 3.49. The van der Waals surface area contributed by atoms with Gasteiger partial charge >= 0.3 is 0 Å². The second-order valence-electron chi connectivity index (χ2n) is 10.2. The van der Waals surface area contributed by atoms with Gasteiger partial charge in [-0.3, -0.25) is 14.8 Å². The molecule has 2 N–H and O–H groups in total. The third-order valence-electron chi connectivity index (χ3n) is 8.06. The molecular weight excluding hydrogens is 432 g/mol. The summed E-state index contributed by atoms with van der Waals surface area (Å²) in [5.74, 6) is 0.334. The van der Waals surface area contributed by atoms with Crippen molar-refractivity contribution in [3.8, 4) is 0 Å². The Balaban J connectivity index is 1.09. The Kier molecular flexibility index (Phi) is 4.68. The molecule has 0 radical (unpaired) electrons. The molecular formula is C30H28N4O. The molecule has 4 aromatic rings. The molecule has 3 aromatic carbocycles. The second kappa shape index (κ2) is 7.92. The summed E-state index contributed by atoms with van der Waals surface area (Å²) in [5, 5.41) is 11.9. The van der Waals surface area contributed by atoms with Crippen LogP contribution in [0.15, 0.2) is 66.7 Å². The van der Waals surface area contributed by atoms with Gasteiger partial charge in [-0.15, -0.1) is 0 Å². The summed E-state index contributed by atoms with van der Waals surface area (Å²) < 4.78 is 0. The first-order valence-corrected chi connectivity index (χ1v) is 12.6. The van der Waals surface area contributed by atoms with E-state index in [1.165, 1.54) is 42.6 Å². The minimum Gasteiger partial charge on any atom is -0.325 e. The Bertz CT molecular complexity index is 1460. The molecule has 3 aliphatic rings. The van der Waals surface area contributed by atoms with Gasteiger partial charge < -0.3 is 5.32 Å². The zero-order valence-corrected chi connectivity index (χ0v) is 19.6. The maximum absolute atomic E-state index is 12.9. The number of nitrogens with zero attached hydrogens (tertiary/aromatic N) is 2. The Morgan fingerprint density at radius 2 is 1.83 bits per heavy atom. The fraction of sp³-hybridized carbons (Fsp3) is 0.267. The summed E-state index contributed by atoms with van der Waals surface area (Å²) in [7, 11) is 0. The average molecular weight is 461 g/mol. The molecule has 5 nitrogen and oxygen atoms in total. The van der Waals surface area contributed by atoms with Gasteiger partial charge in [0.25, 0.3) is 0 Å². The summed E-state index contributed by atoms with van der Waals surface area (Å²) >= 11 is 0. The molecule has 0 bridgehead atoms. The van der Waals surface area contributed by atoms with Crippen LogP contribution in [0.25, 0.3) is 23.1 Å². The molecule has 1 aliphatic carbocycles. The van der Waals surface area contributed by atoms with Crippen molar-refractivity contribution < 1.29 is 4.79 Å². The van der Waals surface area contributed by atoms with Crippen LogP contribution in [0.1, 0.15) is 53.1 Å². The van der Waals surface area contributed by atoms with Crippen molar-refractivity contribution in [2.45, 2.75) is 37.1 Å². The molecule has 5 heteroatoms. The SMILES string of the molecule is O=C1Nc2ccccc2[C@]12CC2c1ccc2c(/C=C/c3ccc(CN4CCCC4)cc3)n[nH]c2c1. The summed E-state index contributed by atoms with van der Waals surface area (Å²) in [6.07, 6.45) is 7.71. The van der Waals surface area contributed by atoms with E-state index in [9.17, 15) is 4.79 Å². The lowest BCUT2D eigenvalue weighted by Gasteiger charge is -2.14. The molecule has 2 fully saturated rings. The lowest BCUT2D eigenvalue weighted by atomic mass is 9.92. The van der Waals surface area contributed by atoms with E-state index >= 15 is 0 Å². The molecule has 35 heavy (non-hydrogen) atoms. The molecule has 1 aromatic heterocycles. The zero-order valence-electron chi connectivity index (χ0n) is 19.6. The molecule has 174 valence electrons. The second-order valence-corrected chi connectivity index (χ2v) is 10.2. The fourth-order valence-electron chi connectivity index (χ4n) is 6.06. The Labute approximate surface area is 204 Å². The van der Waals surface area contributed by atoms with Crippen LogP contribution in [0.5, 0.6) is 0 Å². The van der Waals surface area contributed by atoms with Gasteiger partial charge in [-0.2, -0.15) is 5.10 Å². The molecule has 1 unspecified atom stereocenters. The van der Waals surface area contributed by atoms with E-state index in [2.05, 4.69) is 81.1 Å². The lowest BCUT2D eigenvalue weighted by Crippen LogP contribution is -2.20. The fourth-order valence-corrected chi connectivity index (χ4v) is 6.06. The quantitative estimate of drug-likeness (QED) is 0.401. The minimum absolute atomic E-state index is 0.128. The summed E-state index contributed by atoms with van der Waals surface area (Å²) in [4.78, 5) is 15.4. The van der Waals surface area contributed by atoms with E-state index in [0.29, 0.717) is 0 Å². The first-order chi connectivity index (χ1) is 17.2. The number of carbonyl (C=O) groups excluding carboxylic acids is 1. The number of nitrogens with one attached hydrogen (secondary N) is 2. The number of hydrogen-bond donors (Lipinski definition) is 2. The number of carbonyl (C=O) groups is 1. The van der Waals surface area contributed by atoms with Gasteiger partial charge in [0.2, 0.25) is 5.91 Å². The van der Waals surface area contributed by atoms with Gasteiger partial charge in [-0.25, -0.2) is 0 Å². The van der Waals surface area contributed by atoms with Crippen molar-refractivity contribution in [1.82, 2.24) is 15.1 Å². The molecule has 7 rings (SSSR count). The van der Waals surface area contributed by atoms with E-state index in [-0.39, 0.29) is 11.8 Å². The predicted molar refractivity (Wildman–Crippen MR) is 140 cm³/mol. The number of hydrogen-bond acceptors (Lipinski definition) is 3. The highest BCUT2D eigenvalue weighted by Gasteiger charge is 2.65. The van der Waals surface area contributed by atoms with Crippen molar-refractivity contribution in [2.24, 2.45) is 0 Å². The Morgan fingerprint density at radius 3 is 2.69 bits per heavy atom. The van der Waals surface area contributed by atoms with Crippen LogP contribution in [0.3, 0.4) is 0 Å². The Morgan fingerprint density at radius 1 is 1.00 bits per heavy atom. The highest BCUT2D eigenvalue weighted by Crippen LogP contribution is 2.64. The van der Waals surface area contributed by atoms with Crippen LogP contribution >= 0.6 is 0 Å². The number of aromatic amines is 1. The first-order valence-electron chi connectivity index (χ1n) is 12.6. The smallest absolute Gasteiger partial charge is 0.235 e. The third kappa shape index (κ3) is 3.41. The van der Waals surface area contributed by atoms with Crippen molar-refractivity contribution in [3.05, 3.63) is 94.7 Å². The molecule has 2 aliphatic heterocycles. The lowest BCUT2D eigenvalue weighted by molar-refractivity contribution is -0.118. The number of fused-ring (bicyclic) bond motifs is 3. The maximum Gasteiger partial charge on any atom is 0.235 e. The normalized spacial score (nSPS) is 23.4. The number of aromatic nitrogens is 2. The zero-order chi connectivity index (χ0) is 23.4. The molecule has 1 amide bonds. The van der Waals surface area contributed by atoms with Crippen molar-refractivity contribution in [2.75, 3.05) is 18.4 Å². The number of benzene rings is 3. The largest absolute Gasteiger partial charge is 0.325 e. The molecule has 1 saturated heterocycles. The Hall–Kier alpha value is -3.70. The predicted octanol–water partition coefficient (Wildman–Crippen LogP) is 5.71. The number of rotatable bonds is 5. The first kappa shape index (κ1) is 20.7. The minimum atomic E-state index is -0.409. The number of amides is 1. The van der Waals surface area contributed by atoms with E-state index in [1.807, 2.05) is 18.2 Å². The number of H-pyrrole nitrogens is 1. The van der Waals surface area contributed by atoms with Gasteiger partial charge in [0.15, 0.2) is 0 Å². The van der Waals surface area contributed by atoms with Crippen molar-refractivity contribution in [3.63, 3.8) is 0 Å². The van der Waals surface area contributed by atoms with E-state index in [0.717, 1.165) is 40.8 Å².